The van der Waals surface area contributed by atoms with Crippen molar-refractivity contribution in [1.82, 2.24) is 4.98 Å². The van der Waals surface area contributed by atoms with Gasteiger partial charge in [-0.05, 0) is 26.0 Å². The van der Waals surface area contributed by atoms with Gasteiger partial charge in [-0.1, -0.05) is 23.5 Å². The van der Waals surface area contributed by atoms with Gasteiger partial charge in [0, 0.05) is 6.20 Å². The summed E-state index contributed by atoms with van der Waals surface area (Å²) in [5.74, 6) is -1.45. The number of nitrogens with zero attached hydrogens (tertiary/aromatic N) is 1. The molecular weight excluding hydrogens is 304 g/mol. The van der Waals surface area contributed by atoms with Crippen molar-refractivity contribution < 1.29 is 19.1 Å². The molecule has 0 atom stereocenters. The fraction of sp³-hybridized carbons (Fsp3) is 0.267. The number of benzene rings is 1. The Kier molecular flexibility index (Phi) is 5.48. The summed E-state index contributed by atoms with van der Waals surface area (Å²) in [7, 11) is 0. The Bertz CT molecular complexity index is 655. The highest BCUT2D eigenvalue weighted by Gasteiger charge is 2.21. The lowest BCUT2D eigenvalue weighted by Gasteiger charge is -2.06. The van der Waals surface area contributed by atoms with E-state index in [0.29, 0.717) is 5.13 Å². The fourth-order valence-electron chi connectivity index (χ4n) is 1.69. The van der Waals surface area contributed by atoms with Gasteiger partial charge in [0.2, 0.25) is 0 Å². The van der Waals surface area contributed by atoms with Crippen molar-refractivity contribution in [3.63, 3.8) is 0 Å². The number of rotatable bonds is 6. The van der Waals surface area contributed by atoms with Crippen LogP contribution >= 0.6 is 11.3 Å². The summed E-state index contributed by atoms with van der Waals surface area (Å²) in [5, 5.41) is 3.43. The quantitative estimate of drug-likeness (QED) is 0.382. The summed E-state index contributed by atoms with van der Waals surface area (Å²) < 4.78 is 10.7. The van der Waals surface area contributed by atoms with Crippen molar-refractivity contribution in [3.05, 3.63) is 36.0 Å². The molecule has 0 radical (unpaired) electrons. The summed E-state index contributed by atoms with van der Waals surface area (Å²) >= 11 is 1.42. The molecule has 22 heavy (non-hydrogen) atoms. The lowest BCUT2D eigenvalue weighted by Crippen LogP contribution is -2.19. The minimum absolute atomic E-state index is 0.177. The predicted molar refractivity (Wildman–Crippen MR) is 84.6 cm³/mol. The summed E-state index contributed by atoms with van der Waals surface area (Å²) in [6.07, 6.45) is 1.27. The lowest BCUT2D eigenvalue weighted by molar-refractivity contribution is -0.146. The second kappa shape index (κ2) is 7.56. The van der Waals surface area contributed by atoms with Crippen molar-refractivity contribution in [2.75, 3.05) is 18.5 Å². The van der Waals surface area contributed by atoms with E-state index in [4.69, 9.17) is 9.47 Å². The number of para-hydroxylation sites is 1. The molecule has 0 amide bonds. The van der Waals surface area contributed by atoms with Gasteiger partial charge in [0.25, 0.3) is 0 Å². The topological polar surface area (TPSA) is 77.5 Å². The number of esters is 2. The van der Waals surface area contributed by atoms with Crippen LogP contribution in [0.5, 0.6) is 0 Å². The number of hydrogen-bond donors (Lipinski definition) is 1. The molecule has 0 aliphatic rings. The van der Waals surface area contributed by atoms with E-state index in [0.717, 1.165) is 10.2 Å². The van der Waals surface area contributed by atoms with E-state index >= 15 is 0 Å². The third kappa shape index (κ3) is 3.82. The summed E-state index contributed by atoms with van der Waals surface area (Å²) in [5.41, 5.74) is 0.653. The number of anilines is 1. The van der Waals surface area contributed by atoms with Crippen LogP contribution < -0.4 is 5.32 Å². The van der Waals surface area contributed by atoms with Crippen LogP contribution in [0.25, 0.3) is 10.2 Å². The molecule has 6 nitrogen and oxygen atoms in total. The molecule has 0 fully saturated rings. The number of ether oxygens (including phenoxy) is 2. The van der Waals surface area contributed by atoms with E-state index in [1.165, 1.54) is 17.5 Å². The normalized spacial score (nSPS) is 10.1. The van der Waals surface area contributed by atoms with Gasteiger partial charge in [0.15, 0.2) is 10.7 Å². The third-order valence-electron chi connectivity index (χ3n) is 2.62. The van der Waals surface area contributed by atoms with Crippen LogP contribution in [0, 0.1) is 0 Å². The first-order valence-electron chi connectivity index (χ1n) is 6.82. The summed E-state index contributed by atoms with van der Waals surface area (Å²) in [6, 6.07) is 7.64. The number of thiazole rings is 1. The SMILES string of the molecule is CCOC(=O)C(=CNc1nc2ccccc2s1)C(=O)OCC. The van der Waals surface area contributed by atoms with Crippen molar-refractivity contribution >= 4 is 38.6 Å². The van der Waals surface area contributed by atoms with Gasteiger partial charge in [0.05, 0.1) is 23.4 Å². The first-order chi connectivity index (χ1) is 10.7. The number of nitrogens with one attached hydrogen (secondary N) is 1. The number of fused-ring (bicyclic) bond motifs is 1. The third-order valence-corrected chi connectivity index (χ3v) is 3.59. The molecule has 116 valence electrons. The van der Waals surface area contributed by atoms with Crippen molar-refractivity contribution in [2.45, 2.75) is 13.8 Å². The predicted octanol–water partition coefficient (Wildman–Crippen LogP) is 2.72. The Morgan fingerprint density at radius 3 is 2.41 bits per heavy atom. The fourth-order valence-corrected chi connectivity index (χ4v) is 2.52. The van der Waals surface area contributed by atoms with Gasteiger partial charge in [-0.2, -0.15) is 0 Å². The number of carbonyl (C=O) groups is 2. The van der Waals surface area contributed by atoms with Crippen LogP contribution in [-0.2, 0) is 19.1 Å². The highest BCUT2D eigenvalue weighted by molar-refractivity contribution is 7.22. The maximum absolute atomic E-state index is 11.8. The monoisotopic (exact) mass is 320 g/mol. The van der Waals surface area contributed by atoms with Crippen molar-refractivity contribution in [2.24, 2.45) is 0 Å². The molecule has 1 aromatic heterocycles. The average Bonchev–Trinajstić information content (AvgIpc) is 2.90. The van der Waals surface area contributed by atoms with Crippen molar-refractivity contribution in [1.29, 1.82) is 0 Å². The molecule has 7 heteroatoms. The smallest absolute Gasteiger partial charge is 0.347 e. The Morgan fingerprint density at radius 2 is 1.82 bits per heavy atom. The van der Waals surface area contributed by atoms with E-state index in [9.17, 15) is 9.59 Å². The molecule has 0 saturated carbocycles. The van der Waals surface area contributed by atoms with Gasteiger partial charge in [-0.15, -0.1) is 0 Å². The molecule has 1 heterocycles. The first-order valence-corrected chi connectivity index (χ1v) is 7.63. The molecule has 2 rings (SSSR count). The Morgan fingerprint density at radius 1 is 1.18 bits per heavy atom. The molecule has 0 aliphatic heterocycles. The summed E-state index contributed by atoms with van der Waals surface area (Å²) in [4.78, 5) is 28.0. The molecule has 2 aromatic rings. The second-order valence-electron chi connectivity index (χ2n) is 4.13. The van der Waals surface area contributed by atoms with E-state index in [1.54, 1.807) is 13.8 Å². The number of carbonyl (C=O) groups excluding carboxylic acids is 2. The van der Waals surface area contributed by atoms with Crippen LogP contribution in [0.2, 0.25) is 0 Å². The molecule has 0 spiro atoms. The Labute approximate surface area is 131 Å². The van der Waals surface area contributed by atoms with Gasteiger partial charge in [0.1, 0.15) is 0 Å². The standard InChI is InChI=1S/C15H16N2O4S/c1-3-20-13(18)10(14(19)21-4-2)9-16-15-17-11-7-5-6-8-12(11)22-15/h5-9H,3-4H2,1-2H3,(H,16,17). The molecule has 1 N–H and O–H groups in total. The molecule has 0 saturated heterocycles. The zero-order valence-corrected chi connectivity index (χ0v) is 13.1. The largest absolute Gasteiger partial charge is 0.462 e. The average molecular weight is 320 g/mol. The van der Waals surface area contributed by atoms with Gasteiger partial charge >= 0.3 is 11.9 Å². The van der Waals surface area contributed by atoms with E-state index in [-0.39, 0.29) is 18.8 Å². The van der Waals surface area contributed by atoms with Crippen LogP contribution in [0.3, 0.4) is 0 Å². The van der Waals surface area contributed by atoms with Crippen LogP contribution in [-0.4, -0.2) is 30.1 Å². The molecule has 0 unspecified atom stereocenters. The minimum atomic E-state index is -0.727. The molecule has 0 aliphatic carbocycles. The Balaban J connectivity index is 2.20. The molecular formula is C15H16N2O4S. The lowest BCUT2D eigenvalue weighted by atomic mass is 10.3. The van der Waals surface area contributed by atoms with E-state index in [1.807, 2.05) is 24.3 Å². The number of aromatic nitrogens is 1. The highest BCUT2D eigenvalue weighted by atomic mass is 32.1. The highest BCUT2D eigenvalue weighted by Crippen LogP contribution is 2.25. The zero-order chi connectivity index (χ0) is 15.9. The van der Waals surface area contributed by atoms with Crippen LogP contribution in [0.15, 0.2) is 36.0 Å². The van der Waals surface area contributed by atoms with E-state index in [2.05, 4.69) is 10.3 Å². The maximum Gasteiger partial charge on any atom is 0.347 e. The minimum Gasteiger partial charge on any atom is -0.462 e. The summed E-state index contributed by atoms with van der Waals surface area (Å²) in [6.45, 7) is 3.69. The number of hydrogen-bond acceptors (Lipinski definition) is 7. The van der Waals surface area contributed by atoms with Crippen molar-refractivity contribution in [3.8, 4) is 0 Å². The zero-order valence-electron chi connectivity index (χ0n) is 12.3. The first kappa shape index (κ1) is 16.0. The van der Waals surface area contributed by atoms with E-state index < -0.39 is 11.9 Å². The Hall–Kier alpha value is -2.41. The molecule has 0 bridgehead atoms. The molecule has 1 aromatic carbocycles. The van der Waals surface area contributed by atoms with Gasteiger partial charge in [-0.3, -0.25) is 0 Å². The van der Waals surface area contributed by atoms with Gasteiger partial charge in [-0.25, -0.2) is 14.6 Å². The maximum atomic E-state index is 11.8. The second-order valence-corrected chi connectivity index (χ2v) is 5.16. The van der Waals surface area contributed by atoms with Crippen LogP contribution in [0.1, 0.15) is 13.8 Å². The van der Waals surface area contributed by atoms with Gasteiger partial charge < -0.3 is 14.8 Å². The van der Waals surface area contributed by atoms with Crippen LogP contribution in [0.4, 0.5) is 5.13 Å².